The number of benzene rings is 2. The van der Waals surface area contributed by atoms with Gasteiger partial charge in [0.15, 0.2) is 0 Å². The van der Waals surface area contributed by atoms with E-state index in [1.165, 1.54) is 5.56 Å². The fourth-order valence-electron chi connectivity index (χ4n) is 5.17. The number of aryl methyl sites for hydroxylation is 1. The Kier molecular flexibility index (Phi) is 7.47. The minimum absolute atomic E-state index is 0.0400. The summed E-state index contributed by atoms with van der Waals surface area (Å²) in [7, 11) is 0. The Morgan fingerprint density at radius 1 is 0.972 bits per heavy atom. The van der Waals surface area contributed by atoms with Crippen LogP contribution in [0.5, 0.6) is 0 Å². The molecule has 2 aliphatic rings. The molecule has 1 saturated heterocycles. The molecule has 2 heterocycles. The molecule has 2 amide bonds. The van der Waals surface area contributed by atoms with Crippen LogP contribution in [0.3, 0.4) is 0 Å². The minimum atomic E-state index is -0.172. The van der Waals surface area contributed by atoms with Crippen molar-refractivity contribution in [3.05, 3.63) is 88.3 Å². The molecule has 1 aliphatic carbocycles. The monoisotopic (exact) mass is 503 g/mol. The lowest BCUT2D eigenvalue weighted by Gasteiger charge is -2.32. The van der Waals surface area contributed by atoms with Crippen LogP contribution in [-0.4, -0.2) is 48.0 Å². The third-order valence-corrected chi connectivity index (χ3v) is 7.62. The Morgan fingerprint density at radius 3 is 2.56 bits per heavy atom. The highest BCUT2D eigenvalue weighted by molar-refractivity contribution is 6.33. The van der Waals surface area contributed by atoms with Crippen molar-refractivity contribution >= 4 is 29.2 Å². The molecule has 5 rings (SSSR count). The Hall–Kier alpha value is -3.45. The van der Waals surface area contributed by atoms with Crippen LogP contribution in [0.25, 0.3) is 0 Å². The largest absolute Gasteiger partial charge is 0.357 e. The summed E-state index contributed by atoms with van der Waals surface area (Å²) in [6, 6.07) is 15.0. The average molecular weight is 504 g/mol. The van der Waals surface area contributed by atoms with E-state index in [1.807, 2.05) is 24.3 Å². The first-order valence-corrected chi connectivity index (χ1v) is 12.9. The van der Waals surface area contributed by atoms with Gasteiger partial charge in [0.2, 0.25) is 0 Å². The topological polar surface area (TPSA) is 87.2 Å². The van der Waals surface area contributed by atoms with Crippen molar-refractivity contribution in [1.82, 2.24) is 20.6 Å². The van der Waals surface area contributed by atoms with Gasteiger partial charge in [0, 0.05) is 43.9 Å². The number of rotatable bonds is 7. The number of amides is 2. The van der Waals surface area contributed by atoms with Gasteiger partial charge in [-0.25, -0.2) is 9.97 Å². The standard InChI is InChI=1S/C28H30ClN5O2/c29-25-4-2-1-3-23(25)28(36)32-17-22-8-6-20-5-7-21(15-24(20)22)27(35)31-16-19-10-13-34(14-11-19)26-9-12-30-18-33-26/h1-5,7,9,12,15,18-19,22H,6,8,10-11,13-14,16-17H2,(H,31,35)(H,32,36). The average Bonchev–Trinajstić information content (AvgIpc) is 3.33. The van der Waals surface area contributed by atoms with Crippen LogP contribution >= 0.6 is 11.6 Å². The second-order valence-corrected chi connectivity index (χ2v) is 9.95. The summed E-state index contributed by atoms with van der Waals surface area (Å²) in [6.07, 6.45) is 7.28. The molecule has 36 heavy (non-hydrogen) atoms. The molecule has 0 saturated carbocycles. The third-order valence-electron chi connectivity index (χ3n) is 7.29. The molecule has 1 fully saturated rings. The van der Waals surface area contributed by atoms with Crippen molar-refractivity contribution in [2.24, 2.45) is 5.92 Å². The van der Waals surface area contributed by atoms with E-state index in [4.69, 9.17) is 11.6 Å². The first kappa shape index (κ1) is 24.3. The molecule has 1 aromatic heterocycles. The summed E-state index contributed by atoms with van der Waals surface area (Å²) >= 11 is 6.16. The highest BCUT2D eigenvalue weighted by atomic mass is 35.5. The lowest BCUT2D eigenvalue weighted by atomic mass is 9.96. The van der Waals surface area contributed by atoms with Gasteiger partial charge in [0.25, 0.3) is 11.8 Å². The van der Waals surface area contributed by atoms with Crippen LogP contribution in [-0.2, 0) is 6.42 Å². The second kappa shape index (κ2) is 11.1. The van der Waals surface area contributed by atoms with Crippen molar-refractivity contribution in [3.63, 3.8) is 0 Å². The number of nitrogens with one attached hydrogen (secondary N) is 2. The van der Waals surface area contributed by atoms with Crippen molar-refractivity contribution < 1.29 is 9.59 Å². The minimum Gasteiger partial charge on any atom is -0.357 e. The highest BCUT2D eigenvalue weighted by Gasteiger charge is 2.25. The number of halogens is 1. The maximum Gasteiger partial charge on any atom is 0.252 e. The van der Waals surface area contributed by atoms with Gasteiger partial charge in [-0.2, -0.15) is 0 Å². The van der Waals surface area contributed by atoms with Crippen molar-refractivity contribution in [1.29, 1.82) is 0 Å². The molecule has 1 unspecified atom stereocenters. The van der Waals surface area contributed by atoms with Gasteiger partial charge in [0.1, 0.15) is 12.1 Å². The number of anilines is 1. The van der Waals surface area contributed by atoms with Gasteiger partial charge in [-0.15, -0.1) is 0 Å². The number of carbonyl (C=O) groups is 2. The zero-order valence-electron chi connectivity index (χ0n) is 20.1. The highest BCUT2D eigenvalue weighted by Crippen LogP contribution is 2.33. The predicted octanol–water partition coefficient (Wildman–Crippen LogP) is 4.24. The van der Waals surface area contributed by atoms with E-state index in [0.717, 1.165) is 50.2 Å². The molecule has 0 radical (unpaired) electrons. The van der Waals surface area contributed by atoms with Gasteiger partial charge in [-0.05, 0) is 73.1 Å². The third kappa shape index (κ3) is 5.51. The van der Waals surface area contributed by atoms with Crippen LogP contribution in [0.2, 0.25) is 5.02 Å². The van der Waals surface area contributed by atoms with Crippen molar-refractivity contribution in [2.45, 2.75) is 31.6 Å². The van der Waals surface area contributed by atoms with Crippen LogP contribution in [0.4, 0.5) is 5.82 Å². The zero-order chi connectivity index (χ0) is 24.9. The van der Waals surface area contributed by atoms with E-state index < -0.39 is 0 Å². The lowest BCUT2D eigenvalue weighted by molar-refractivity contribution is 0.0938. The van der Waals surface area contributed by atoms with E-state index in [2.05, 4.69) is 31.6 Å². The first-order valence-electron chi connectivity index (χ1n) is 12.5. The molecular weight excluding hydrogens is 474 g/mol. The fourth-order valence-corrected chi connectivity index (χ4v) is 5.40. The molecule has 186 valence electrons. The predicted molar refractivity (Wildman–Crippen MR) is 141 cm³/mol. The molecule has 0 bridgehead atoms. The first-order chi connectivity index (χ1) is 17.6. The zero-order valence-corrected chi connectivity index (χ0v) is 20.9. The fraction of sp³-hybridized carbons (Fsp3) is 0.357. The number of fused-ring (bicyclic) bond motifs is 1. The Labute approximate surface area is 216 Å². The molecule has 2 N–H and O–H groups in total. The number of piperidine rings is 1. The summed E-state index contributed by atoms with van der Waals surface area (Å²) in [5.74, 6) is 1.39. The summed E-state index contributed by atoms with van der Waals surface area (Å²) in [4.78, 5) is 36.1. The summed E-state index contributed by atoms with van der Waals surface area (Å²) in [6.45, 7) is 3.05. The van der Waals surface area contributed by atoms with Gasteiger partial charge < -0.3 is 15.5 Å². The molecule has 1 aliphatic heterocycles. The molecule has 8 heteroatoms. The maximum absolute atomic E-state index is 12.9. The van der Waals surface area contributed by atoms with Crippen LogP contribution in [0.1, 0.15) is 57.0 Å². The van der Waals surface area contributed by atoms with Gasteiger partial charge in [-0.3, -0.25) is 9.59 Å². The SMILES string of the molecule is O=C(NCC1CCN(c2ccncn2)CC1)c1ccc2c(c1)C(CNC(=O)c1ccccc1Cl)CC2. The quantitative estimate of drug-likeness (QED) is 0.503. The normalized spacial score (nSPS) is 17.5. The Balaban J connectivity index is 1.13. The molecule has 7 nitrogen and oxygen atoms in total. The van der Waals surface area contributed by atoms with Gasteiger partial charge in [0.05, 0.1) is 10.6 Å². The van der Waals surface area contributed by atoms with Gasteiger partial charge in [-0.1, -0.05) is 29.8 Å². The van der Waals surface area contributed by atoms with Crippen molar-refractivity contribution in [2.75, 3.05) is 31.1 Å². The van der Waals surface area contributed by atoms with E-state index >= 15 is 0 Å². The van der Waals surface area contributed by atoms with Crippen LogP contribution < -0.4 is 15.5 Å². The molecule has 0 spiro atoms. The molecule has 3 aromatic rings. The summed E-state index contributed by atoms with van der Waals surface area (Å²) in [5.41, 5.74) is 3.56. The maximum atomic E-state index is 12.9. The number of nitrogens with zero attached hydrogens (tertiary/aromatic N) is 3. The van der Waals surface area contributed by atoms with Crippen LogP contribution in [0, 0.1) is 5.92 Å². The van der Waals surface area contributed by atoms with Crippen LogP contribution in [0.15, 0.2) is 61.1 Å². The molecular formula is C28H30ClN5O2. The smallest absolute Gasteiger partial charge is 0.252 e. The van der Waals surface area contributed by atoms with E-state index in [-0.39, 0.29) is 17.7 Å². The lowest BCUT2D eigenvalue weighted by Crippen LogP contribution is -2.39. The molecule has 1 atom stereocenters. The Bertz CT molecular complexity index is 1230. The summed E-state index contributed by atoms with van der Waals surface area (Å²) < 4.78 is 0. The summed E-state index contributed by atoms with van der Waals surface area (Å²) in [5, 5.41) is 6.60. The number of hydrogen-bond acceptors (Lipinski definition) is 5. The number of hydrogen-bond donors (Lipinski definition) is 2. The van der Waals surface area contributed by atoms with Gasteiger partial charge >= 0.3 is 0 Å². The second-order valence-electron chi connectivity index (χ2n) is 9.55. The number of carbonyl (C=O) groups excluding carboxylic acids is 2. The molecule has 2 aromatic carbocycles. The van der Waals surface area contributed by atoms with E-state index in [0.29, 0.717) is 35.2 Å². The van der Waals surface area contributed by atoms with E-state index in [9.17, 15) is 9.59 Å². The number of aromatic nitrogens is 2. The van der Waals surface area contributed by atoms with Crippen molar-refractivity contribution in [3.8, 4) is 0 Å². The Morgan fingerprint density at radius 2 is 1.78 bits per heavy atom. The van der Waals surface area contributed by atoms with E-state index in [1.54, 1.807) is 30.7 Å².